The number of ether oxygens (including phenoxy) is 2. The number of hydrogen-bond donors (Lipinski definition) is 4. The number of aromatic nitrogens is 4. The molecule has 0 aromatic carbocycles. The molecule has 3 aromatic rings. The van der Waals surface area contributed by atoms with Crippen LogP contribution >= 0.6 is 0 Å². The van der Waals surface area contributed by atoms with Gasteiger partial charge in [0.1, 0.15) is 0 Å². The Labute approximate surface area is 302 Å². The highest BCUT2D eigenvalue weighted by molar-refractivity contribution is 6.27. The predicted molar refractivity (Wildman–Crippen MR) is 200 cm³/mol. The normalized spacial score (nSPS) is 15.4. The lowest BCUT2D eigenvalue weighted by Crippen LogP contribution is -2.27. The van der Waals surface area contributed by atoms with Crippen LogP contribution in [-0.4, -0.2) is 69.1 Å². The van der Waals surface area contributed by atoms with Gasteiger partial charge in [0.15, 0.2) is 0 Å². The maximum Gasteiger partial charge on any atom is 0.310 e. The number of nitrogens with zero attached hydrogens (tertiary/aromatic N) is 2. The quantitative estimate of drug-likeness (QED) is 0.119. The van der Waals surface area contributed by atoms with Gasteiger partial charge in [-0.05, 0) is 80.5 Å². The number of amides is 1. The van der Waals surface area contributed by atoms with E-state index in [2.05, 4.69) is 41.8 Å². The molecular weight excluding hydrogens is 662 g/mol. The standard InChI is InChI=1S/C40H47N5O7/c1-9-25-20(3)29-17-31-22(5)27(12-13-35(47)48)38(44-31)28(16-36(49)51-8)39-37(40(50)41-14-11-15-52-24(7)46)23(6)32(45-39)19-34-26(10-2)21(4)30(43-34)18-33(25)42-29/h9,17-19,22,27,42-43H,1,10-16H2,2-8H3,(H,41,50)(H,47,48). The smallest absolute Gasteiger partial charge is 0.310 e. The number of nitrogens with one attached hydrogen (secondary N) is 3. The monoisotopic (exact) mass is 709 g/mol. The van der Waals surface area contributed by atoms with E-state index in [1.165, 1.54) is 14.0 Å². The molecule has 2 unspecified atom stereocenters. The Morgan fingerprint density at radius 3 is 2.37 bits per heavy atom. The van der Waals surface area contributed by atoms with Crippen LogP contribution in [0.5, 0.6) is 0 Å². The predicted octanol–water partition coefficient (Wildman–Crippen LogP) is 6.60. The summed E-state index contributed by atoms with van der Waals surface area (Å²) in [6.45, 7) is 15.8. The van der Waals surface area contributed by atoms with Crippen molar-refractivity contribution >= 4 is 63.1 Å². The molecule has 12 nitrogen and oxygen atoms in total. The number of carboxylic acids is 1. The maximum absolute atomic E-state index is 14.1. The first-order chi connectivity index (χ1) is 24.8. The van der Waals surface area contributed by atoms with Gasteiger partial charge in [-0.25, -0.2) is 4.98 Å². The van der Waals surface area contributed by atoms with E-state index in [4.69, 9.17) is 19.4 Å². The van der Waals surface area contributed by atoms with Crippen LogP contribution < -0.4 is 5.32 Å². The van der Waals surface area contributed by atoms with Gasteiger partial charge in [-0.15, -0.1) is 0 Å². The molecule has 2 aliphatic heterocycles. The van der Waals surface area contributed by atoms with Gasteiger partial charge in [0.25, 0.3) is 5.91 Å². The number of aliphatic carboxylic acids is 1. The van der Waals surface area contributed by atoms with Crippen LogP contribution in [0.15, 0.2) is 24.8 Å². The number of rotatable bonds is 12. The average molecular weight is 710 g/mol. The van der Waals surface area contributed by atoms with Crippen molar-refractivity contribution < 1.29 is 33.8 Å². The number of esters is 2. The molecule has 1 amide bonds. The van der Waals surface area contributed by atoms with Gasteiger partial charge in [-0.1, -0.05) is 26.5 Å². The molecule has 2 atom stereocenters. The summed E-state index contributed by atoms with van der Waals surface area (Å²) in [7, 11) is 1.29. The number of carboxylic acid groups (broad SMARTS) is 1. The minimum Gasteiger partial charge on any atom is -0.481 e. The minimum atomic E-state index is -0.951. The number of hydrogen-bond acceptors (Lipinski definition) is 8. The second-order valence-electron chi connectivity index (χ2n) is 13.3. The molecule has 0 spiro atoms. The third kappa shape index (κ3) is 7.56. The molecule has 5 heterocycles. The molecule has 5 rings (SSSR count). The van der Waals surface area contributed by atoms with Gasteiger partial charge in [0, 0.05) is 70.6 Å². The number of carbonyl (C=O) groups excluding carboxylic acids is 3. The Kier molecular flexibility index (Phi) is 11.5. The lowest BCUT2D eigenvalue weighted by molar-refractivity contribution is -0.141. The molecule has 274 valence electrons. The van der Waals surface area contributed by atoms with Crippen molar-refractivity contribution in [2.75, 3.05) is 20.3 Å². The van der Waals surface area contributed by atoms with E-state index in [1.54, 1.807) is 0 Å². The molecule has 2 aliphatic rings. The van der Waals surface area contributed by atoms with Gasteiger partial charge in [0.2, 0.25) is 0 Å². The summed E-state index contributed by atoms with van der Waals surface area (Å²) in [5, 5.41) is 12.7. The van der Waals surface area contributed by atoms with Crippen LogP contribution in [0, 0.1) is 13.8 Å². The van der Waals surface area contributed by atoms with Gasteiger partial charge in [-0.3, -0.25) is 24.2 Å². The lowest BCUT2D eigenvalue weighted by atomic mass is 9.84. The van der Waals surface area contributed by atoms with Crippen LogP contribution in [0.4, 0.5) is 0 Å². The zero-order valence-corrected chi connectivity index (χ0v) is 30.9. The van der Waals surface area contributed by atoms with Gasteiger partial charge in [-0.2, -0.15) is 0 Å². The molecule has 52 heavy (non-hydrogen) atoms. The van der Waals surface area contributed by atoms with E-state index in [-0.39, 0.29) is 49.6 Å². The first-order valence-corrected chi connectivity index (χ1v) is 17.6. The van der Waals surface area contributed by atoms with Crippen molar-refractivity contribution in [3.8, 4) is 0 Å². The number of allylic oxidation sites excluding steroid dienone is 1. The number of aromatic amines is 2. The van der Waals surface area contributed by atoms with E-state index in [0.717, 1.165) is 50.7 Å². The van der Waals surface area contributed by atoms with Crippen molar-refractivity contribution in [3.05, 3.63) is 75.4 Å². The van der Waals surface area contributed by atoms with E-state index >= 15 is 0 Å². The minimum absolute atomic E-state index is 0.121. The fraction of sp³-hybridized carbons (Fsp3) is 0.400. The Morgan fingerprint density at radius 2 is 1.71 bits per heavy atom. The second kappa shape index (κ2) is 15.8. The summed E-state index contributed by atoms with van der Waals surface area (Å²) >= 11 is 0. The average Bonchev–Trinajstić information content (AvgIpc) is 3.78. The van der Waals surface area contributed by atoms with Gasteiger partial charge >= 0.3 is 17.9 Å². The summed E-state index contributed by atoms with van der Waals surface area (Å²) in [6, 6.07) is 5.96. The Hall–Kier alpha value is -5.52. The highest BCUT2D eigenvalue weighted by atomic mass is 16.5. The molecule has 0 saturated carbocycles. The highest BCUT2D eigenvalue weighted by Crippen LogP contribution is 2.44. The first kappa shape index (κ1) is 37.7. The van der Waals surface area contributed by atoms with Crippen LogP contribution in [0.1, 0.15) is 109 Å². The first-order valence-electron chi connectivity index (χ1n) is 17.6. The SMILES string of the molecule is C=Cc1c(C)c2cc3nc(c(CC(=O)OC)c4nc(cc5[nH]c(cc1[nH]2)c(C)c5CC)C(C)=C4C(=O)NCCCOC(C)=O)C(CCC(=O)O)C3C. The molecule has 8 bridgehead atoms. The molecule has 0 radical (unpaired) electrons. The zero-order valence-electron chi connectivity index (χ0n) is 30.9. The van der Waals surface area contributed by atoms with Crippen LogP contribution in [0.2, 0.25) is 0 Å². The van der Waals surface area contributed by atoms with E-state index in [1.807, 2.05) is 39.0 Å². The molecule has 0 aliphatic carbocycles. The molecule has 12 heteroatoms. The summed E-state index contributed by atoms with van der Waals surface area (Å²) in [5.41, 5.74) is 10.8. The van der Waals surface area contributed by atoms with E-state index < -0.39 is 29.7 Å². The van der Waals surface area contributed by atoms with E-state index in [9.17, 15) is 24.3 Å². The highest BCUT2D eigenvalue weighted by Gasteiger charge is 2.35. The molecular formula is C40H47N5O7. The number of H-pyrrole nitrogens is 2. The third-order valence-corrected chi connectivity index (χ3v) is 10.1. The molecule has 4 N–H and O–H groups in total. The Bertz CT molecular complexity index is 2160. The van der Waals surface area contributed by atoms with Crippen molar-refractivity contribution in [3.63, 3.8) is 0 Å². The summed E-state index contributed by atoms with van der Waals surface area (Å²) in [5.74, 6) is -2.96. The summed E-state index contributed by atoms with van der Waals surface area (Å²) < 4.78 is 10.2. The number of carbonyl (C=O) groups is 4. The fourth-order valence-corrected chi connectivity index (χ4v) is 7.19. The van der Waals surface area contributed by atoms with Crippen molar-refractivity contribution in [1.29, 1.82) is 0 Å². The van der Waals surface area contributed by atoms with Gasteiger partial charge < -0.3 is 29.9 Å². The second-order valence-corrected chi connectivity index (χ2v) is 13.3. The number of fused-ring (bicyclic) bond motifs is 8. The maximum atomic E-state index is 14.1. The van der Waals surface area contributed by atoms with Crippen molar-refractivity contribution in [2.24, 2.45) is 0 Å². The molecule has 0 saturated heterocycles. The lowest BCUT2D eigenvalue weighted by Gasteiger charge is -2.18. The van der Waals surface area contributed by atoms with Crippen molar-refractivity contribution in [1.82, 2.24) is 25.3 Å². The van der Waals surface area contributed by atoms with Gasteiger partial charge in [0.05, 0.1) is 42.8 Å². The fourth-order valence-electron chi connectivity index (χ4n) is 7.19. The van der Waals surface area contributed by atoms with Crippen LogP contribution in [-0.2, 0) is 41.5 Å². The van der Waals surface area contributed by atoms with Crippen LogP contribution in [0.25, 0.3) is 39.3 Å². The summed E-state index contributed by atoms with van der Waals surface area (Å²) in [6.07, 6.45) is 2.85. The van der Waals surface area contributed by atoms with Crippen molar-refractivity contribution in [2.45, 2.75) is 85.5 Å². The topological polar surface area (TPSA) is 176 Å². The van der Waals surface area contributed by atoms with E-state index in [0.29, 0.717) is 34.6 Å². The third-order valence-electron chi connectivity index (χ3n) is 10.1. The molecule has 0 fully saturated rings. The number of methoxy groups -OCH3 is 1. The largest absolute Gasteiger partial charge is 0.481 e. The number of aryl methyl sites for hydroxylation is 3. The Morgan fingerprint density at radius 1 is 1.00 bits per heavy atom. The molecule has 3 aromatic heterocycles. The summed E-state index contributed by atoms with van der Waals surface area (Å²) in [4.78, 5) is 67.7. The Balaban J connectivity index is 1.91. The zero-order chi connectivity index (χ0) is 37.9. The van der Waals surface area contributed by atoms with Crippen LogP contribution in [0.3, 0.4) is 0 Å².